The number of nitrogens with zero attached hydrogens (tertiary/aromatic N) is 2. The van der Waals surface area contributed by atoms with Crippen molar-refractivity contribution >= 4 is 17.7 Å². The molecule has 0 saturated carbocycles. The summed E-state index contributed by atoms with van der Waals surface area (Å²) in [4.78, 5) is 22.8. The first-order valence-electron chi connectivity index (χ1n) is 5.05. The van der Waals surface area contributed by atoms with Gasteiger partial charge in [-0.3, -0.25) is 14.9 Å². The van der Waals surface area contributed by atoms with Gasteiger partial charge in [-0.1, -0.05) is 6.92 Å². The molecule has 0 amide bonds. The molecule has 0 fully saturated rings. The summed E-state index contributed by atoms with van der Waals surface area (Å²) in [5.74, 6) is 0. The number of anilines is 1. The highest BCUT2D eigenvalue weighted by atomic mass is 16.6. The lowest BCUT2D eigenvalue weighted by atomic mass is 10.1. The van der Waals surface area contributed by atoms with E-state index in [4.69, 9.17) is 0 Å². The standard InChI is InChI=1S/C11H14N2O3/c1-3-6-12(2)10-5-4-9(8-14)7-11(10)13(15)16/h4-5,7-8H,3,6H2,1-2H3. The normalized spacial score (nSPS) is 9.88. The molecule has 0 N–H and O–H groups in total. The van der Waals surface area contributed by atoms with Gasteiger partial charge in [-0.25, -0.2) is 0 Å². The number of carbonyl (C=O) groups excluding carboxylic acids is 1. The van der Waals surface area contributed by atoms with Gasteiger partial charge >= 0.3 is 0 Å². The fourth-order valence-corrected chi connectivity index (χ4v) is 1.54. The molecule has 0 heterocycles. The predicted octanol–water partition coefficient (Wildman–Crippen LogP) is 2.25. The highest BCUT2D eigenvalue weighted by Gasteiger charge is 2.17. The Hall–Kier alpha value is -1.91. The van der Waals surface area contributed by atoms with Crippen molar-refractivity contribution in [1.82, 2.24) is 0 Å². The molecule has 86 valence electrons. The van der Waals surface area contributed by atoms with E-state index in [9.17, 15) is 14.9 Å². The van der Waals surface area contributed by atoms with E-state index in [2.05, 4.69) is 0 Å². The van der Waals surface area contributed by atoms with Crippen LogP contribution >= 0.6 is 0 Å². The van der Waals surface area contributed by atoms with Gasteiger partial charge in [0, 0.05) is 25.2 Å². The first-order valence-corrected chi connectivity index (χ1v) is 5.05. The molecule has 0 spiro atoms. The Morgan fingerprint density at radius 1 is 1.50 bits per heavy atom. The van der Waals surface area contributed by atoms with E-state index in [-0.39, 0.29) is 5.69 Å². The lowest BCUT2D eigenvalue weighted by Crippen LogP contribution is -2.19. The molecular formula is C11H14N2O3. The zero-order chi connectivity index (χ0) is 12.1. The Balaban J connectivity index is 3.17. The second-order valence-corrected chi connectivity index (χ2v) is 3.54. The maximum absolute atomic E-state index is 10.9. The summed E-state index contributed by atoms with van der Waals surface area (Å²) in [5.41, 5.74) is 0.832. The van der Waals surface area contributed by atoms with E-state index < -0.39 is 4.92 Å². The van der Waals surface area contributed by atoms with Crippen molar-refractivity contribution in [2.45, 2.75) is 13.3 Å². The quantitative estimate of drug-likeness (QED) is 0.435. The van der Waals surface area contributed by atoms with Crippen LogP contribution in [-0.2, 0) is 0 Å². The van der Waals surface area contributed by atoms with Gasteiger partial charge in [0.2, 0.25) is 0 Å². The highest BCUT2D eigenvalue weighted by molar-refractivity contribution is 5.79. The van der Waals surface area contributed by atoms with E-state index in [1.54, 1.807) is 19.2 Å². The summed E-state index contributed by atoms with van der Waals surface area (Å²) < 4.78 is 0. The van der Waals surface area contributed by atoms with Crippen LogP contribution in [0.5, 0.6) is 0 Å². The van der Waals surface area contributed by atoms with Gasteiger partial charge in [0.15, 0.2) is 0 Å². The fraction of sp³-hybridized carbons (Fsp3) is 0.364. The van der Waals surface area contributed by atoms with Crippen molar-refractivity contribution < 1.29 is 9.72 Å². The van der Waals surface area contributed by atoms with Gasteiger partial charge in [0.05, 0.1) is 4.92 Å². The molecule has 1 aromatic carbocycles. The minimum atomic E-state index is -0.464. The van der Waals surface area contributed by atoms with E-state index in [0.717, 1.165) is 13.0 Å². The second-order valence-electron chi connectivity index (χ2n) is 3.54. The number of benzene rings is 1. The van der Waals surface area contributed by atoms with Crippen LogP contribution in [0.1, 0.15) is 23.7 Å². The van der Waals surface area contributed by atoms with Gasteiger partial charge in [-0.15, -0.1) is 0 Å². The van der Waals surface area contributed by atoms with E-state index >= 15 is 0 Å². The molecule has 16 heavy (non-hydrogen) atoms. The summed E-state index contributed by atoms with van der Waals surface area (Å²) in [6.07, 6.45) is 1.51. The number of hydrogen-bond acceptors (Lipinski definition) is 4. The minimum absolute atomic E-state index is 0.0273. The maximum Gasteiger partial charge on any atom is 0.293 e. The third kappa shape index (κ3) is 2.56. The summed E-state index contributed by atoms with van der Waals surface area (Å²) in [6, 6.07) is 4.49. The molecule has 0 aliphatic heterocycles. The van der Waals surface area contributed by atoms with E-state index in [1.807, 2.05) is 11.8 Å². The average molecular weight is 222 g/mol. The van der Waals surface area contributed by atoms with Crippen LogP contribution in [-0.4, -0.2) is 24.8 Å². The molecule has 0 aromatic heterocycles. The van der Waals surface area contributed by atoms with Crippen LogP contribution in [0.25, 0.3) is 0 Å². The predicted molar refractivity (Wildman–Crippen MR) is 62.0 cm³/mol. The van der Waals surface area contributed by atoms with Crippen LogP contribution in [0, 0.1) is 10.1 Å². The zero-order valence-corrected chi connectivity index (χ0v) is 9.34. The molecule has 0 unspecified atom stereocenters. The monoisotopic (exact) mass is 222 g/mol. The van der Waals surface area contributed by atoms with Crippen molar-refractivity contribution in [3.63, 3.8) is 0 Å². The lowest BCUT2D eigenvalue weighted by molar-refractivity contribution is -0.384. The Kier molecular flexibility index (Phi) is 3.99. The second kappa shape index (κ2) is 5.25. The third-order valence-corrected chi connectivity index (χ3v) is 2.30. The first-order chi connectivity index (χ1) is 7.60. The summed E-state index contributed by atoms with van der Waals surface area (Å²) in [7, 11) is 1.80. The summed E-state index contributed by atoms with van der Waals surface area (Å²) in [6.45, 7) is 2.74. The van der Waals surface area contributed by atoms with Crippen molar-refractivity contribution in [3.05, 3.63) is 33.9 Å². The van der Waals surface area contributed by atoms with Crippen molar-refractivity contribution in [1.29, 1.82) is 0 Å². The van der Waals surface area contributed by atoms with E-state index in [1.165, 1.54) is 6.07 Å². The Labute approximate surface area is 93.8 Å². The number of rotatable bonds is 5. The number of aldehydes is 1. The van der Waals surface area contributed by atoms with Crippen LogP contribution in [0.4, 0.5) is 11.4 Å². The van der Waals surface area contributed by atoms with Gasteiger partial charge in [0.1, 0.15) is 12.0 Å². The van der Waals surface area contributed by atoms with Crippen LogP contribution in [0.2, 0.25) is 0 Å². The van der Waals surface area contributed by atoms with Gasteiger partial charge in [0.25, 0.3) is 5.69 Å². The number of nitro groups is 1. The Bertz CT molecular complexity index is 404. The highest BCUT2D eigenvalue weighted by Crippen LogP contribution is 2.28. The lowest BCUT2D eigenvalue weighted by Gasteiger charge is -2.18. The molecule has 5 nitrogen and oxygen atoms in total. The molecule has 0 aliphatic carbocycles. The molecule has 0 radical (unpaired) electrons. The van der Waals surface area contributed by atoms with Crippen molar-refractivity contribution in [3.8, 4) is 0 Å². The molecule has 0 aliphatic rings. The molecule has 0 atom stereocenters. The van der Waals surface area contributed by atoms with Crippen LogP contribution < -0.4 is 4.90 Å². The summed E-state index contributed by atoms with van der Waals surface area (Å²) in [5, 5.41) is 10.9. The molecule has 1 aromatic rings. The van der Waals surface area contributed by atoms with Gasteiger partial charge in [-0.2, -0.15) is 0 Å². The average Bonchev–Trinajstić information content (AvgIpc) is 2.28. The van der Waals surface area contributed by atoms with E-state index in [0.29, 0.717) is 17.5 Å². The molecule has 0 saturated heterocycles. The first kappa shape index (κ1) is 12.2. The topological polar surface area (TPSA) is 63.5 Å². The molecule has 5 heteroatoms. The third-order valence-electron chi connectivity index (χ3n) is 2.30. The summed E-state index contributed by atoms with van der Waals surface area (Å²) >= 11 is 0. The van der Waals surface area contributed by atoms with Crippen LogP contribution in [0.15, 0.2) is 18.2 Å². The zero-order valence-electron chi connectivity index (χ0n) is 9.34. The van der Waals surface area contributed by atoms with Gasteiger partial charge in [-0.05, 0) is 18.6 Å². The maximum atomic E-state index is 10.9. The number of nitro benzene ring substituents is 1. The van der Waals surface area contributed by atoms with Crippen molar-refractivity contribution in [2.75, 3.05) is 18.5 Å². The smallest absolute Gasteiger partial charge is 0.293 e. The number of carbonyl (C=O) groups is 1. The Morgan fingerprint density at radius 2 is 2.19 bits per heavy atom. The largest absolute Gasteiger partial charge is 0.369 e. The van der Waals surface area contributed by atoms with Gasteiger partial charge < -0.3 is 4.90 Å². The van der Waals surface area contributed by atoms with Crippen molar-refractivity contribution in [2.24, 2.45) is 0 Å². The Morgan fingerprint density at radius 3 is 2.69 bits per heavy atom. The fourth-order valence-electron chi connectivity index (χ4n) is 1.54. The molecule has 1 rings (SSSR count). The molecule has 0 bridgehead atoms. The minimum Gasteiger partial charge on any atom is -0.369 e. The van der Waals surface area contributed by atoms with Crippen LogP contribution in [0.3, 0.4) is 0 Å². The molecular weight excluding hydrogens is 208 g/mol. The SMILES string of the molecule is CCCN(C)c1ccc(C=O)cc1[N+](=O)[O-]. The number of hydrogen-bond donors (Lipinski definition) is 0.